The summed E-state index contributed by atoms with van der Waals surface area (Å²) in [5.41, 5.74) is 10.8. The van der Waals surface area contributed by atoms with Crippen molar-refractivity contribution in [3.63, 3.8) is 0 Å². The van der Waals surface area contributed by atoms with Crippen LogP contribution in [0.3, 0.4) is 0 Å². The SMILES string of the molecule is Cc1cc(COc2ccc(C(=O)N[C@@H]3CN(CCN)CC[C@H]3CC(=O)NO)cc2)c2ccccc2n1. The molecule has 1 saturated heterocycles. The molecule has 1 aliphatic rings. The van der Waals surface area contributed by atoms with Crippen LogP contribution in [0.15, 0.2) is 54.6 Å². The zero-order valence-corrected chi connectivity index (χ0v) is 20.4. The summed E-state index contributed by atoms with van der Waals surface area (Å²) in [6.07, 6.45) is 0.877. The van der Waals surface area contributed by atoms with Gasteiger partial charge in [0.15, 0.2) is 0 Å². The first-order valence-corrected chi connectivity index (χ1v) is 12.2. The molecule has 2 amide bonds. The number of ether oxygens (including phenoxy) is 1. The van der Waals surface area contributed by atoms with Gasteiger partial charge in [-0.25, -0.2) is 5.48 Å². The summed E-state index contributed by atoms with van der Waals surface area (Å²) in [4.78, 5) is 31.5. The third-order valence-corrected chi connectivity index (χ3v) is 6.61. The molecule has 1 aromatic heterocycles. The standard InChI is InChI=1S/C27H33N5O4/c1-18-14-21(23-4-2-3-5-24(23)29-18)17-36-22-8-6-19(7-9-22)27(34)30-25-16-32(13-11-28)12-10-20(25)15-26(33)31-35/h2-9,14,20,25,35H,10-13,15-17,28H2,1H3,(H,30,34)(H,31,33)/t20-,25+/m0/s1. The van der Waals surface area contributed by atoms with Crippen molar-refractivity contribution in [2.75, 3.05) is 26.2 Å². The fraction of sp³-hybridized carbons (Fsp3) is 0.370. The molecular formula is C27H33N5O4. The average Bonchev–Trinajstić information content (AvgIpc) is 2.89. The minimum absolute atomic E-state index is 0.0728. The van der Waals surface area contributed by atoms with E-state index in [0.717, 1.165) is 41.7 Å². The van der Waals surface area contributed by atoms with Gasteiger partial charge in [-0.2, -0.15) is 0 Å². The van der Waals surface area contributed by atoms with Crippen molar-refractivity contribution in [2.24, 2.45) is 11.7 Å². The molecule has 0 spiro atoms. The first-order chi connectivity index (χ1) is 17.5. The number of benzene rings is 2. The molecule has 0 unspecified atom stereocenters. The predicted molar refractivity (Wildman–Crippen MR) is 137 cm³/mol. The Hall–Kier alpha value is -3.53. The molecule has 0 bridgehead atoms. The van der Waals surface area contributed by atoms with Crippen molar-refractivity contribution in [3.8, 4) is 5.75 Å². The third kappa shape index (κ3) is 6.37. The van der Waals surface area contributed by atoms with Crippen molar-refractivity contribution < 1.29 is 19.5 Å². The fourth-order valence-electron chi connectivity index (χ4n) is 4.77. The van der Waals surface area contributed by atoms with Gasteiger partial charge in [0, 0.05) is 54.3 Å². The molecule has 2 aromatic carbocycles. The summed E-state index contributed by atoms with van der Waals surface area (Å²) in [7, 11) is 0. The number of carbonyl (C=O) groups excluding carboxylic acids is 2. The van der Waals surface area contributed by atoms with Gasteiger partial charge in [-0.15, -0.1) is 0 Å². The first kappa shape index (κ1) is 25.6. The van der Waals surface area contributed by atoms with E-state index in [0.29, 0.717) is 31.0 Å². The van der Waals surface area contributed by atoms with E-state index in [1.165, 1.54) is 0 Å². The van der Waals surface area contributed by atoms with E-state index >= 15 is 0 Å². The average molecular weight is 492 g/mol. The van der Waals surface area contributed by atoms with Gasteiger partial charge in [0.1, 0.15) is 12.4 Å². The van der Waals surface area contributed by atoms with Gasteiger partial charge in [0.05, 0.1) is 5.52 Å². The van der Waals surface area contributed by atoms with Crippen LogP contribution in [-0.4, -0.2) is 59.1 Å². The Balaban J connectivity index is 1.40. The Morgan fingerprint density at radius 1 is 1.19 bits per heavy atom. The summed E-state index contributed by atoms with van der Waals surface area (Å²) in [6, 6.07) is 16.8. The van der Waals surface area contributed by atoms with Crippen LogP contribution in [0.1, 0.15) is 34.5 Å². The molecule has 0 saturated carbocycles. The number of hydroxylamine groups is 1. The Bertz CT molecular complexity index is 1200. The summed E-state index contributed by atoms with van der Waals surface area (Å²) >= 11 is 0. The van der Waals surface area contributed by atoms with Gasteiger partial charge in [0.2, 0.25) is 5.91 Å². The van der Waals surface area contributed by atoms with Crippen LogP contribution in [-0.2, 0) is 11.4 Å². The number of amides is 2. The number of para-hydroxylation sites is 1. The van der Waals surface area contributed by atoms with Gasteiger partial charge < -0.3 is 20.7 Å². The monoisotopic (exact) mass is 491 g/mol. The number of carbonyl (C=O) groups is 2. The molecule has 2 heterocycles. The largest absolute Gasteiger partial charge is 0.489 e. The van der Waals surface area contributed by atoms with E-state index in [9.17, 15) is 9.59 Å². The second-order valence-electron chi connectivity index (χ2n) is 9.21. The lowest BCUT2D eigenvalue weighted by molar-refractivity contribution is -0.130. The lowest BCUT2D eigenvalue weighted by Crippen LogP contribution is -2.54. The van der Waals surface area contributed by atoms with E-state index < -0.39 is 5.91 Å². The van der Waals surface area contributed by atoms with E-state index in [2.05, 4.69) is 15.2 Å². The fourth-order valence-corrected chi connectivity index (χ4v) is 4.77. The topological polar surface area (TPSA) is 130 Å². The maximum absolute atomic E-state index is 13.0. The molecule has 2 atom stereocenters. The Morgan fingerprint density at radius 2 is 1.97 bits per heavy atom. The molecule has 9 heteroatoms. The number of hydrogen-bond acceptors (Lipinski definition) is 7. The highest BCUT2D eigenvalue weighted by atomic mass is 16.5. The molecule has 0 aliphatic carbocycles. The number of aromatic nitrogens is 1. The number of hydrogen-bond donors (Lipinski definition) is 4. The minimum atomic E-state index is -0.454. The normalized spacial score (nSPS) is 18.1. The predicted octanol–water partition coefficient (Wildman–Crippen LogP) is 2.40. The van der Waals surface area contributed by atoms with E-state index in [4.69, 9.17) is 15.7 Å². The van der Waals surface area contributed by atoms with Crippen LogP contribution in [0.4, 0.5) is 0 Å². The second kappa shape index (κ2) is 11.9. The van der Waals surface area contributed by atoms with Crippen molar-refractivity contribution in [3.05, 3.63) is 71.4 Å². The summed E-state index contributed by atoms with van der Waals surface area (Å²) in [5.74, 6) is -0.0812. The molecule has 1 fully saturated rings. The van der Waals surface area contributed by atoms with E-state index in [1.807, 2.05) is 37.3 Å². The number of nitrogens with zero attached hydrogens (tertiary/aromatic N) is 2. The van der Waals surface area contributed by atoms with Gasteiger partial charge >= 0.3 is 0 Å². The number of pyridine rings is 1. The molecule has 3 aromatic rings. The third-order valence-electron chi connectivity index (χ3n) is 6.61. The van der Waals surface area contributed by atoms with Crippen LogP contribution >= 0.6 is 0 Å². The Kier molecular flexibility index (Phi) is 8.48. The highest BCUT2D eigenvalue weighted by Gasteiger charge is 2.31. The number of likely N-dealkylation sites (tertiary alicyclic amines) is 1. The quantitative estimate of drug-likeness (QED) is 0.267. The lowest BCUT2D eigenvalue weighted by atomic mass is 9.88. The lowest BCUT2D eigenvalue weighted by Gasteiger charge is -2.38. The molecule has 0 radical (unpaired) electrons. The minimum Gasteiger partial charge on any atom is -0.489 e. The number of piperidine rings is 1. The van der Waals surface area contributed by atoms with Crippen LogP contribution < -0.4 is 21.3 Å². The number of nitrogens with two attached hydrogens (primary N) is 1. The van der Waals surface area contributed by atoms with Gasteiger partial charge in [-0.3, -0.25) is 19.8 Å². The van der Waals surface area contributed by atoms with Crippen molar-refractivity contribution in [1.82, 2.24) is 20.7 Å². The zero-order chi connectivity index (χ0) is 25.5. The van der Waals surface area contributed by atoms with Crippen LogP contribution in [0.5, 0.6) is 5.75 Å². The maximum Gasteiger partial charge on any atom is 0.251 e. The Morgan fingerprint density at radius 3 is 2.72 bits per heavy atom. The summed E-state index contributed by atoms with van der Waals surface area (Å²) in [5, 5.41) is 13.1. The number of fused-ring (bicyclic) bond motifs is 1. The van der Waals surface area contributed by atoms with Gasteiger partial charge in [0.25, 0.3) is 5.91 Å². The van der Waals surface area contributed by atoms with Crippen LogP contribution in [0.2, 0.25) is 0 Å². The van der Waals surface area contributed by atoms with Crippen molar-refractivity contribution in [1.29, 1.82) is 0 Å². The van der Waals surface area contributed by atoms with Gasteiger partial charge in [-0.05, 0) is 62.2 Å². The molecule has 4 rings (SSSR count). The zero-order valence-electron chi connectivity index (χ0n) is 20.4. The van der Waals surface area contributed by atoms with E-state index in [-0.39, 0.29) is 24.3 Å². The second-order valence-corrected chi connectivity index (χ2v) is 9.21. The molecular weight excluding hydrogens is 458 g/mol. The first-order valence-electron chi connectivity index (χ1n) is 12.2. The van der Waals surface area contributed by atoms with Crippen LogP contribution in [0, 0.1) is 12.8 Å². The smallest absolute Gasteiger partial charge is 0.251 e. The number of nitrogens with one attached hydrogen (secondary N) is 2. The summed E-state index contributed by atoms with van der Waals surface area (Å²) in [6.45, 7) is 5.01. The summed E-state index contributed by atoms with van der Waals surface area (Å²) < 4.78 is 6.01. The highest BCUT2D eigenvalue weighted by Crippen LogP contribution is 2.23. The number of rotatable bonds is 9. The number of aryl methyl sites for hydroxylation is 1. The molecule has 190 valence electrons. The maximum atomic E-state index is 13.0. The van der Waals surface area contributed by atoms with Gasteiger partial charge in [-0.1, -0.05) is 18.2 Å². The molecule has 36 heavy (non-hydrogen) atoms. The molecule has 1 aliphatic heterocycles. The van der Waals surface area contributed by atoms with Crippen LogP contribution in [0.25, 0.3) is 10.9 Å². The van der Waals surface area contributed by atoms with Crippen molar-refractivity contribution in [2.45, 2.75) is 32.4 Å². The molecule has 5 N–H and O–H groups in total. The molecule has 9 nitrogen and oxygen atoms in total. The van der Waals surface area contributed by atoms with Crippen molar-refractivity contribution >= 4 is 22.7 Å². The van der Waals surface area contributed by atoms with E-state index in [1.54, 1.807) is 29.7 Å². The highest BCUT2D eigenvalue weighted by molar-refractivity contribution is 5.94. The Labute approximate surface area is 210 Å².